The predicted octanol–water partition coefficient (Wildman–Crippen LogP) is 0.698. The molecule has 0 spiro atoms. The number of aliphatic hydroxyl groups is 2. The van der Waals surface area contributed by atoms with Crippen molar-refractivity contribution in [3.8, 4) is 0 Å². The van der Waals surface area contributed by atoms with Gasteiger partial charge in [0.1, 0.15) is 37.8 Å². The first-order valence-electron chi connectivity index (χ1n) is 11.7. The molecule has 0 radical (unpaired) electrons. The lowest BCUT2D eigenvalue weighted by molar-refractivity contribution is -0.135. The van der Waals surface area contributed by atoms with Crippen molar-refractivity contribution in [1.82, 2.24) is 24.8 Å². The number of fused-ring (bicyclic) bond motifs is 2. The Morgan fingerprint density at radius 3 is 2.84 bits per heavy atom. The fourth-order valence-corrected chi connectivity index (χ4v) is 4.53. The summed E-state index contributed by atoms with van der Waals surface area (Å²) in [5, 5.41) is 34.9. The minimum atomic E-state index is -1.36. The Bertz CT molecular complexity index is 1340. The zero-order valence-electron chi connectivity index (χ0n) is 19.6. The lowest BCUT2D eigenvalue weighted by atomic mass is 10.0. The van der Waals surface area contributed by atoms with Crippen LogP contribution in [0.5, 0.6) is 0 Å². The number of aliphatic hydroxyl groups excluding tert-OH is 2. The van der Waals surface area contributed by atoms with E-state index in [9.17, 15) is 19.8 Å². The standard InChI is InChI=1S/C24H26N6O7/c31-17(32)9-26-24(35)36-10-16-19(33)20(34)23(37-16)30-12-29-18-21(27-11-28-22(18)30)25-8-7-14-6-5-13-3-1-2-4-15(13)14/h1-4,6,11-12,16,19-20,23,33-34H,5,7-10H2,(H,26,35)(H,31,32)(H,25,27,28)/t16-,19?,20+,23-/m1/s1. The van der Waals surface area contributed by atoms with Gasteiger partial charge < -0.3 is 35.4 Å². The highest BCUT2D eigenvalue weighted by Crippen LogP contribution is 2.33. The van der Waals surface area contributed by atoms with Crippen molar-refractivity contribution in [2.75, 3.05) is 25.0 Å². The Balaban J connectivity index is 1.23. The summed E-state index contributed by atoms with van der Waals surface area (Å²) in [6.07, 6.45) is 0.992. The first kappa shape index (κ1) is 24.6. The van der Waals surface area contributed by atoms with E-state index in [1.165, 1.54) is 33.9 Å². The van der Waals surface area contributed by atoms with E-state index in [2.05, 4.69) is 38.5 Å². The van der Waals surface area contributed by atoms with Gasteiger partial charge in [-0.15, -0.1) is 0 Å². The van der Waals surface area contributed by atoms with Crippen molar-refractivity contribution in [2.45, 2.75) is 37.4 Å². The van der Waals surface area contributed by atoms with E-state index >= 15 is 0 Å². The molecule has 1 aliphatic carbocycles. The average molecular weight is 511 g/mol. The number of alkyl carbamates (subject to hydrolysis) is 1. The first-order valence-corrected chi connectivity index (χ1v) is 11.7. The molecule has 13 nitrogen and oxygen atoms in total. The molecule has 2 aliphatic rings. The Hall–Kier alpha value is -4.07. The van der Waals surface area contributed by atoms with E-state index in [4.69, 9.17) is 14.6 Å². The van der Waals surface area contributed by atoms with Gasteiger partial charge in [0.2, 0.25) is 0 Å². The van der Waals surface area contributed by atoms with Gasteiger partial charge in [0, 0.05) is 6.54 Å². The number of amides is 1. The molecule has 1 aliphatic heterocycles. The summed E-state index contributed by atoms with van der Waals surface area (Å²) in [7, 11) is 0. The molecular weight excluding hydrogens is 484 g/mol. The maximum atomic E-state index is 11.6. The highest BCUT2D eigenvalue weighted by atomic mass is 16.6. The minimum Gasteiger partial charge on any atom is -0.480 e. The molecule has 2 aromatic heterocycles. The van der Waals surface area contributed by atoms with Crippen LogP contribution in [0.15, 0.2) is 43.0 Å². The van der Waals surface area contributed by atoms with Crippen LogP contribution in [0.3, 0.4) is 0 Å². The van der Waals surface area contributed by atoms with Crippen LogP contribution in [0.2, 0.25) is 0 Å². The molecule has 0 bridgehead atoms. The second-order valence-corrected chi connectivity index (χ2v) is 8.71. The number of carboxylic acid groups (broad SMARTS) is 1. The quantitative estimate of drug-likeness (QED) is 0.273. The highest BCUT2D eigenvalue weighted by molar-refractivity contribution is 5.83. The number of hydrogen-bond acceptors (Lipinski definition) is 10. The number of anilines is 1. The number of benzene rings is 1. The molecule has 37 heavy (non-hydrogen) atoms. The van der Waals surface area contributed by atoms with E-state index in [0.29, 0.717) is 23.5 Å². The van der Waals surface area contributed by atoms with Gasteiger partial charge in [-0.05, 0) is 29.5 Å². The Kier molecular flexibility index (Phi) is 6.99. The van der Waals surface area contributed by atoms with Gasteiger partial charge in [-0.1, -0.05) is 30.3 Å². The molecule has 0 saturated carbocycles. The number of nitrogens with zero attached hydrogens (tertiary/aromatic N) is 4. The molecule has 13 heteroatoms. The molecule has 3 heterocycles. The van der Waals surface area contributed by atoms with Gasteiger partial charge in [0.15, 0.2) is 23.2 Å². The van der Waals surface area contributed by atoms with Crippen molar-refractivity contribution >= 4 is 34.6 Å². The average Bonchev–Trinajstić information content (AvgIpc) is 3.58. The molecule has 1 aromatic carbocycles. The van der Waals surface area contributed by atoms with Gasteiger partial charge in [0.25, 0.3) is 0 Å². The molecule has 1 amide bonds. The predicted molar refractivity (Wildman–Crippen MR) is 129 cm³/mol. The van der Waals surface area contributed by atoms with E-state index in [0.717, 1.165) is 12.8 Å². The summed E-state index contributed by atoms with van der Waals surface area (Å²) < 4.78 is 12.1. The summed E-state index contributed by atoms with van der Waals surface area (Å²) in [5.74, 6) is -0.702. The van der Waals surface area contributed by atoms with Crippen LogP contribution >= 0.6 is 0 Å². The summed E-state index contributed by atoms with van der Waals surface area (Å²) in [5.41, 5.74) is 4.73. The number of carbonyl (C=O) groups excluding carboxylic acids is 1. The summed E-state index contributed by atoms with van der Waals surface area (Å²) >= 11 is 0. The van der Waals surface area contributed by atoms with Gasteiger partial charge in [0.05, 0.1) is 6.33 Å². The van der Waals surface area contributed by atoms with Crippen LogP contribution in [0.1, 0.15) is 23.8 Å². The zero-order chi connectivity index (χ0) is 25.9. The SMILES string of the molecule is O=C(O)CNC(=O)OC[C@H]1O[C@@H](n2cnc3c(NCCC4=CCc5ccccc54)ncnc32)[C@@H](O)C1O. The van der Waals surface area contributed by atoms with Crippen LogP contribution in [-0.2, 0) is 20.7 Å². The topological polar surface area (TPSA) is 181 Å². The van der Waals surface area contributed by atoms with Gasteiger partial charge >= 0.3 is 12.1 Å². The van der Waals surface area contributed by atoms with Gasteiger partial charge in [-0.25, -0.2) is 19.7 Å². The van der Waals surface area contributed by atoms with Crippen LogP contribution in [0, 0.1) is 0 Å². The third kappa shape index (κ3) is 5.09. The summed E-state index contributed by atoms with van der Waals surface area (Å²) in [4.78, 5) is 35.1. The smallest absolute Gasteiger partial charge is 0.407 e. The van der Waals surface area contributed by atoms with Crippen molar-refractivity contribution in [1.29, 1.82) is 0 Å². The number of nitrogens with one attached hydrogen (secondary N) is 2. The third-order valence-corrected chi connectivity index (χ3v) is 6.35. The molecular formula is C24H26N6O7. The number of carbonyl (C=O) groups is 2. The maximum Gasteiger partial charge on any atom is 0.407 e. The molecule has 3 aromatic rings. The first-order chi connectivity index (χ1) is 17.9. The largest absolute Gasteiger partial charge is 0.480 e. The number of carboxylic acids is 1. The molecule has 1 saturated heterocycles. The molecule has 194 valence electrons. The Morgan fingerprint density at radius 1 is 1.16 bits per heavy atom. The van der Waals surface area contributed by atoms with Crippen LogP contribution in [-0.4, -0.2) is 84.9 Å². The molecule has 1 fully saturated rings. The number of ether oxygens (including phenoxy) is 2. The van der Waals surface area contributed by atoms with E-state index in [1.54, 1.807) is 0 Å². The van der Waals surface area contributed by atoms with E-state index in [1.807, 2.05) is 17.4 Å². The Morgan fingerprint density at radius 2 is 2.00 bits per heavy atom. The zero-order valence-corrected chi connectivity index (χ0v) is 19.6. The van der Waals surface area contributed by atoms with Crippen LogP contribution in [0.4, 0.5) is 10.6 Å². The van der Waals surface area contributed by atoms with Crippen molar-refractivity contribution in [3.63, 3.8) is 0 Å². The van der Waals surface area contributed by atoms with Crippen molar-refractivity contribution < 1.29 is 34.4 Å². The number of aromatic nitrogens is 4. The molecule has 5 rings (SSSR count). The third-order valence-electron chi connectivity index (χ3n) is 6.35. The summed E-state index contributed by atoms with van der Waals surface area (Å²) in [6.45, 7) is -0.377. The lowest BCUT2D eigenvalue weighted by Crippen LogP contribution is -2.36. The normalized spacial score (nSPS) is 22.5. The minimum absolute atomic E-state index is 0.389. The van der Waals surface area contributed by atoms with Gasteiger partial charge in [-0.3, -0.25) is 9.36 Å². The van der Waals surface area contributed by atoms with E-state index in [-0.39, 0.29) is 0 Å². The lowest BCUT2D eigenvalue weighted by Gasteiger charge is -2.16. The van der Waals surface area contributed by atoms with Gasteiger partial charge in [-0.2, -0.15) is 0 Å². The second-order valence-electron chi connectivity index (χ2n) is 8.71. The number of rotatable bonds is 9. The monoisotopic (exact) mass is 510 g/mol. The van der Waals surface area contributed by atoms with Crippen molar-refractivity contribution in [3.05, 3.63) is 54.1 Å². The number of hydrogen-bond donors (Lipinski definition) is 5. The molecule has 1 unspecified atom stereocenters. The Labute approximate surface area is 210 Å². The molecule has 4 atom stereocenters. The highest BCUT2D eigenvalue weighted by Gasteiger charge is 2.45. The fraction of sp³-hybridized carbons (Fsp3) is 0.375. The number of imidazole rings is 1. The number of aliphatic carboxylic acids is 1. The summed E-state index contributed by atoms with van der Waals surface area (Å²) in [6, 6.07) is 8.34. The fourth-order valence-electron chi connectivity index (χ4n) is 4.53. The van der Waals surface area contributed by atoms with Crippen LogP contribution in [0.25, 0.3) is 16.7 Å². The van der Waals surface area contributed by atoms with Crippen LogP contribution < -0.4 is 10.6 Å². The molecule has 5 N–H and O–H groups in total. The number of allylic oxidation sites excluding steroid dienone is 1. The van der Waals surface area contributed by atoms with Crippen molar-refractivity contribution in [2.24, 2.45) is 0 Å². The second kappa shape index (κ2) is 10.5. The van der Waals surface area contributed by atoms with E-state index < -0.39 is 49.8 Å². The maximum absolute atomic E-state index is 11.6.